The number of carbonyl (C=O) groups is 1. The van der Waals surface area contributed by atoms with E-state index in [4.69, 9.17) is 5.14 Å². The Morgan fingerprint density at radius 3 is 2.35 bits per heavy atom. The van der Waals surface area contributed by atoms with Crippen LogP contribution in [0.5, 0.6) is 0 Å². The van der Waals surface area contributed by atoms with Crippen LogP contribution in [0.25, 0.3) is 0 Å². The molecule has 5 rings (SSSR count). The van der Waals surface area contributed by atoms with Crippen LogP contribution < -0.4 is 15.6 Å². The van der Waals surface area contributed by atoms with Gasteiger partial charge in [0.2, 0.25) is 10.0 Å². The van der Waals surface area contributed by atoms with Crippen molar-refractivity contribution >= 4 is 27.3 Å². The van der Waals surface area contributed by atoms with Crippen molar-refractivity contribution in [1.29, 1.82) is 0 Å². The maximum atomic E-state index is 13.6. The van der Waals surface area contributed by atoms with E-state index in [-0.39, 0.29) is 21.7 Å². The Morgan fingerprint density at radius 1 is 1.03 bits per heavy atom. The Bertz CT molecular complexity index is 1490. The van der Waals surface area contributed by atoms with Crippen molar-refractivity contribution in [3.05, 3.63) is 93.7 Å². The predicted octanol–water partition coefficient (Wildman–Crippen LogP) is 3.34. The lowest BCUT2D eigenvalue weighted by Crippen LogP contribution is -2.40. The van der Waals surface area contributed by atoms with Crippen molar-refractivity contribution in [2.45, 2.75) is 37.5 Å². The number of fused-ring (bicyclic) bond motifs is 1. The van der Waals surface area contributed by atoms with E-state index in [0.29, 0.717) is 35.5 Å². The SMILES string of the molecule is CC1(C)CC(=O)C2=C(C1)N(c1ccc(S(N)(=O)=O)cc1)c1nc[nH]c(=O)c1C2c1ccccc1. The molecule has 3 aromatic rings. The minimum absolute atomic E-state index is 0.0137. The van der Waals surface area contributed by atoms with Crippen molar-refractivity contribution in [2.24, 2.45) is 10.6 Å². The average molecular weight is 477 g/mol. The number of carbonyl (C=O) groups excluding carboxylic acids is 1. The van der Waals surface area contributed by atoms with Crippen molar-refractivity contribution in [3.8, 4) is 0 Å². The monoisotopic (exact) mass is 476 g/mol. The summed E-state index contributed by atoms with van der Waals surface area (Å²) in [4.78, 5) is 35.7. The average Bonchev–Trinajstić information content (AvgIpc) is 2.77. The number of anilines is 2. The zero-order valence-corrected chi connectivity index (χ0v) is 19.6. The van der Waals surface area contributed by atoms with Crippen LogP contribution in [0.15, 0.2) is 81.9 Å². The van der Waals surface area contributed by atoms with E-state index < -0.39 is 15.9 Å². The molecule has 0 saturated heterocycles. The van der Waals surface area contributed by atoms with Gasteiger partial charge in [-0.3, -0.25) is 14.5 Å². The van der Waals surface area contributed by atoms with Gasteiger partial charge in [-0.25, -0.2) is 18.5 Å². The van der Waals surface area contributed by atoms with Crippen molar-refractivity contribution < 1.29 is 13.2 Å². The lowest BCUT2D eigenvalue weighted by molar-refractivity contribution is -0.118. The predicted molar refractivity (Wildman–Crippen MR) is 128 cm³/mol. The second-order valence-corrected chi connectivity index (χ2v) is 11.0. The molecular formula is C25H24N4O4S. The molecule has 0 amide bonds. The highest BCUT2D eigenvalue weighted by Gasteiger charge is 2.45. The summed E-state index contributed by atoms with van der Waals surface area (Å²) >= 11 is 0. The maximum Gasteiger partial charge on any atom is 0.257 e. The molecule has 174 valence electrons. The Kier molecular flexibility index (Phi) is 5.07. The molecule has 1 aliphatic heterocycles. The van der Waals surface area contributed by atoms with Gasteiger partial charge in [0, 0.05) is 29.3 Å². The first-order chi connectivity index (χ1) is 16.1. The third kappa shape index (κ3) is 3.66. The van der Waals surface area contributed by atoms with Crippen LogP contribution in [-0.2, 0) is 14.8 Å². The summed E-state index contributed by atoms with van der Waals surface area (Å²) in [5, 5.41) is 5.27. The highest BCUT2D eigenvalue weighted by Crippen LogP contribution is 2.52. The number of nitrogens with one attached hydrogen (secondary N) is 1. The smallest absolute Gasteiger partial charge is 0.257 e. The van der Waals surface area contributed by atoms with E-state index in [1.165, 1.54) is 18.5 Å². The summed E-state index contributed by atoms with van der Waals surface area (Å²) in [5.74, 6) is -0.141. The zero-order valence-electron chi connectivity index (χ0n) is 18.8. The fourth-order valence-corrected chi connectivity index (χ4v) is 5.50. The molecule has 3 N–H and O–H groups in total. The molecule has 1 atom stereocenters. The summed E-state index contributed by atoms with van der Waals surface area (Å²) in [6.07, 6.45) is 2.29. The van der Waals surface area contributed by atoms with E-state index in [2.05, 4.69) is 9.97 Å². The molecule has 0 bridgehead atoms. The van der Waals surface area contributed by atoms with E-state index in [0.717, 1.165) is 11.3 Å². The maximum absolute atomic E-state index is 13.6. The summed E-state index contributed by atoms with van der Waals surface area (Å²) in [6, 6.07) is 15.5. The third-order valence-electron chi connectivity index (χ3n) is 6.38. The normalized spacial score (nSPS) is 19.6. The molecule has 8 nitrogen and oxygen atoms in total. The summed E-state index contributed by atoms with van der Waals surface area (Å²) in [5.41, 5.74) is 2.54. The van der Waals surface area contributed by atoms with Crippen molar-refractivity contribution in [1.82, 2.24) is 9.97 Å². The molecule has 0 spiro atoms. The van der Waals surface area contributed by atoms with Crippen molar-refractivity contribution in [3.63, 3.8) is 0 Å². The highest BCUT2D eigenvalue weighted by atomic mass is 32.2. The molecule has 2 heterocycles. The first kappa shape index (κ1) is 22.2. The topological polar surface area (TPSA) is 126 Å². The quantitative estimate of drug-likeness (QED) is 0.597. The van der Waals surface area contributed by atoms with Crippen LogP contribution in [0.4, 0.5) is 11.5 Å². The zero-order chi connectivity index (χ0) is 24.3. The molecule has 1 unspecified atom stereocenters. The van der Waals surface area contributed by atoms with Gasteiger partial charge in [0.15, 0.2) is 5.78 Å². The molecule has 0 fully saturated rings. The number of hydrogen-bond acceptors (Lipinski definition) is 6. The highest BCUT2D eigenvalue weighted by molar-refractivity contribution is 7.89. The number of Topliss-reactive ketones (excluding diaryl/α,β-unsaturated/α-hetero) is 1. The Labute approximate surface area is 197 Å². The standard InChI is InChI=1S/C25H24N4O4S/c1-25(2)12-18-21(19(30)13-25)20(15-6-4-3-5-7-15)22-23(27-14-28-24(22)31)29(18)16-8-10-17(11-9-16)34(26,32)33/h3-11,14,20H,12-13H2,1-2H3,(H2,26,32,33)(H,27,28,31). The molecule has 34 heavy (non-hydrogen) atoms. The van der Waals surface area contributed by atoms with Crippen LogP contribution in [0.2, 0.25) is 0 Å². The minimum Gasteiger partial charge on any atom is -0.313 e. The van der Waals surface area contributed by atoms with E-state index in [1.54, 1.807) is 12.1 Å². The number of H-pyrrole nitrogens is 1. The molecule has 2 aromatic carbocycles. The van der Waals surface area contributed by atoms with Gasteiger partial charge >= 0.3 is 0 Å². The van der Waals surface area contributed by atoms with Crippen LogP contribution in [0, 0.1) is 5.41 Å². The van der Waals surface area contributed by atoms with Crippen LogP contribution in [0.3, 0.4) is 0 Å². The number of nitrogens with two attached hydrogens (primary N) is 1. The third-order valence-corrected chi connectivity index (χ3v) is 7.31. The van der Waals surface area contributed by atoms with Crippen LogP contribution in [-0.4, -0.2) is 24.2 Å². The van der Waals surface area contributed by atoms with Crippen LogP contribution in [0.1, 0.15) is 43.7 Å². The number of hydrogen-bond donors (Lipinski definition) is 2. The lowest BCUT2D eigenvalue weighted by atomic mass is 9.68. The number of benzene rings is 2. The Hall–Kier alpha value is -3.56. The second-order valence-electron chi connectivity index (χ2n) is 9.49. The fourth-order valence-electron chi connectivity index (χ4n) is 4.98. The van der Waals surface area contributed by atoms with Gasteiger partial charge < -0.3 is 4.98 Å². The molecule has 0 radical (unpaired) electrons. The number of allylic oxidation sites excluding steroid dienone is 2. The number of sulfonamides is 1. The largest absolute Gasteiger partial charge is 0.313 e. The van der Waals surface area contributed by atoms with Gasteiger partial charge in [-0.05, 0) is 41.7 Å². The number of rotatable bonds is 3. The summed E-state index contributed by atoms with van der Waals surface area (Å²) < 4.78 is 23.5. The number of aromatic nitrogens is 2. The van der Waals surface area contributed by atoms with E-state index in [9.17, 15) is 18.0 Å². The molecular weight excluding hydrogens is 452 g/mol. The van der Waals surface area contributed by atoms with Crippen LogP contribution >= 0.6 is 0 Å². The summed E-state index contributed by atoms with van der Waals surface area (Å²) in [6.45, 7) is 4.07. The van der Waals surface area contributed by atoms with Crippen molar-refractivity contribution in [2.75, 3.05) is 4.90 Å². The number of nitrogens with zero attached hydrogens (tertiary/aromatic N) is 2. The molecule has 1 aliphatic carbocycles. The molecule has 0 saturated carbocycles. The van der Waals surface area contributed by atoms with Gasteiger partial charge in [-0.2, -0.15) is 0 Å². The van der Waals surface area contributed by atoms with Gasteiger partial charge in [0.05, 0.1) is 16.8 Å². The number of ketones is 1. The van der Waals surface area contributed by atoms with Gasteiger partial charge in [0.1, 0.15) is 5.82 Å². The van der Waals surface area contributed by atoms with E-state index in [1.807, 2.05) is 49.1 Å². The first-order valence-corrected chi connectivity index (χ1v) is 12.4. The Balaban J connectivity index is 1.82. The lowest BCUT2D eigenvalue weighted by Gasteiger charge is -2.43. The molecule has 2 aliphatic rings. The second kappa shape index (κ2) is 7.75. The minimum atomic E-state index is -3.87. The van der Waals surface area contributed by atoms with Gasteiger partial charge in [0.25, 0.3) is 5.56 Å². The molecule has 9 heteroatoms. The molecule has 1 aromatic heterocycles. The van der Waals surface area contributed by atoms with Gasteiger partial charge in [-0.15, -0.1) is 0 Å². The Morgan fingerprint density at radius 2 is 1.71 bits per heavy atom. The van der Waals surface area contributed by atoms with Gasteiger partial charge in [-0.1, -0.05) is 44.2 Å². The number of aromatic amines is 1. The summed E-state index contributed by atoms with van der Waals surface area (Å²) in [7, 11) is -3.87. The van der Waals surface area contributed by atoms with E-state index >= 15 is 0 Å². The number of primary sulfonamides is 1. The first-order valence-electron chi connectivity index (χ1n) is 10.9. The fraction of sp³-hybridized carbons (Fsp3) is 0.240.